The van der Waals surface area contributed by atoms with Gasteiger partial charge in [-0.25, -0.2) is 0 Å². The molecule has 0 aliphatic heterocycles. The van der Waals surface area contributed by atoms with Crippen LogP contribution in [0.2, 0.25) is 0 Å². The van der Waals surface area contributed by atoms with Gasteiger partial charge in [0.25, 0.3) is 0 Å². The van der Waals surface area contributed by atoms with E-state index in [4.69, 9.17) is 0 Å². The molecule has 126 valence electrons. The Morgan fingerprint density at radius 2 is 2.12 bits per heavy atom. The minimum atomic E-state index is 0.368. The van der Waals surface area contributed by atoms with Gasteiger partial charge < -0.3 is 0 Å². The number of hydrogen-bond donors (Lipinski definition) is 0. The molecule has 0 bridgehead atoms. The molecule has 0 saturated heterocycles. The fourth-order valence-corrected chi connectivity index (χ4v) is 8.47. The monoisotopic (exact) mass is 320 g/mol. The number of carbonyl (C=O) groups excluding carboxylic acids is 1. The minimum Gasteiger partial charge on any atom is -0.295 e. The maximum absolute atomic E-state index is 11.9. The van der Waals surface area contributed by atoms with Crippen LogP contribution in [0.25, 0.3) is 0 Å². The zero-order valence-electron chi connectivity index (χ0n) is 14.7. The smallest absolute Gasteiger partial charge is 0.155 e. The Balaban J connectivity index is 1.45. The molecule has 4 saturated carbocycles. The average molecular weight is 320 g/mol. The molecule has 1 nitrogen and oxygen atoms in total. The highest BCUT2D eigenvalue weighted by molar-refractivity contribution is 5.91. The van der Waals surface area contributed by atoms with Crippen molar-refractivity contribution in [3.05, 3.63) is 36.5 Å². The highest BCUT2D eigenvalue weighted by Crippen LogP contribution is 2.83. The van der Waals surface area contributed by atoms with Gasteiger partial charge in [0.05, 0.1) is 0 Å². The first-order valence-corrected chi connectivity index (χ1v) is 10.2. The SMILES string of the molecule is C=CC1CC2=CC(=O)CCC2C2CCC34C=CC3(C)C3CC3C4C12. The average Bonchev–Trinajstić information content (AvgIpc) is 3.35. The first kappa shape index (κ1) is 14.1. The molecule has 9 atom stereocenters. The summed E-state index contributed by atoms with van der Waals surface area (Å²) < 4.78 is 0. The van der Waals surface area contributed by atoms with Gasteiger partial charge in [0.1, 0.15) is 0 Å². The summed E-state index contributed by atoms with van der Waals surface area (Å²) in [6.07, 6.45) is 16.7. The molecule has 1 spiro atoms. The maximum Gasteiger partial charge on any atom is 0.155 e. The van der Waals surface area contributed by atoms with Crippen molar-refractivity contribution in [2.24, 2.45) is 52.3 Å². The largest absolute Gasteiger partial charge is 0.295 e. The van der Waals surface area contributed by atoms with Gasteiger partial charge in [0.2, 0.25) is 0 Å². The van der Waals surface area contributed by atoms with Crippen LogP contribution in [0.5, 0.6) is 0 Å². The van der Waals surface area contributed by atoms with Crippen molar-refractivity contribution in [3.8, 4) is 0 Å². The first-order chi connectivity index (χ1) is 11.6. The summed E-state index contributed by atoms with van der Waals surface area (Å²) in [5.74, 6) is 6.17. The van der Waals surface area contributed by atoms with E-state index in [1.54, 1.807) is 0 Å². The van der Waals surface area contributed by atoms with Crippen LogP contribution in [0.15, 0.2) is 36.5 Å². The van der Waals surface area contributed by atoms with Crippen molar-refractivity contribution in [1.29, 1.82) is 0 Å². The van der Waals surface area contributed by atoms with E-state index in [9.17, 15) is 4.79 Å². The van der Waals surface area contributed by atoms with E-state index in [0.717, 1.165) is 48.9 Å². The Labute approximate surface area is 145 Å². The molecule has 0 heterocycles. The van der Waals surface area contributed by atoms with E-state index >= 15 is 0 Å². The van der Waals surface area contributed by atoms with E-state index in [0.29, 0.717) is 28.4 Å². The number of ketones is 1. The first-order valence-electron chi connectivity index (χ1n) is 10.2. The van der Waals surface area contributed by atoms with Crippen LogP contribution in [-0.4, -0.2) is 5.78 Å². The number of hydrogen-bond acceptors (Lipinski definition) is 1. The Morgan fingerprint density at radius 3 is 2.88 bits per heavy atom. The molecule has 1 heteroatoms. The van der Waals surface area contributed by atoms with Crippen molar-refractivity contribution in [1.82, 2.24) is 0 Å². The van der Waals surface area contributed by atoms with Gasteiger partial charge in [-0.15, -0.1) is 6.58 Å². The van der Waals surface area contributed by atoms with Gasteiger partial charge >= 0.3 is 0 Å². The van der Waals surface area contributed by atoms with Gasteiger partial charge in [0, 0.05) is 11.8 Å². The van der Waals surface area contributed by atoms with Crippen LogP contribution in [-0.2, 0) is 4.79 Å². The van der Waals surface area contributed by atoms with Crippen molar-refractivity contribution in [2.45, 2.75) is 45.4 Å². The lowest BCUT2D eigenvalue weighted by Crippen LogP contribution is -2.56. The number of rotatable bonds is 1. The van der Waals surface area contributed by atoms with E-state index < -0.39 is 0 Å². The standard InChI is InChI=1S/C23H28O/c1-3-13-10-14-11-15(24)4-5-16(14)17-6-7-23-9-8-22(23,2)19-12-18(19)21(23)20(13)17/h3,8-9,11,13,16-21H,1,4-7,10,12H2,2H3. The zero-order valence-corrected chi connectivity index (χ0v) is 14.7. The molecule has 0 N–H and O–H groups in total. The third-order valence-corrected chi connectivity index (χ3v) is 9.51. The minimum absolute atomic E-state index is 0.368. The molecule has 6 aliphatic rings. The lowest BCUT2D eigenvalue weighted by atomic mass is 9.41. The second kappa shape index (κ2) is 4.17. The summed E-state index contributed by atoms with van der Waals surface area (Å²) in [4.78, 5) is 11.9. The van der Waals surface area contributed by atoms with Crippen LogP contribution >= 0.6 is 0 Å². The number of allylic oxidation sites excluding steroid dienone is 4. The quantitative estimate of drug-likeness (QED) is 0.625. The highest BCUT2D eigenvalue weighted by Gasteiger charge is 2.77. The third kappa shape index (κ3) is 1.36. The van der Waals surface area contributed by atoms with Gasteiger partial charge in [-0.3, -0.25) is 4.79 Å². The summed E-state index contributed by atoms with van der Waals surface area (Å²) in [6.45, 7) is 6.80. The van der Waals surface area contributed by atoms with Crippen LogP contribution < -0.4 is 0 Å². The zero-order chi connectivity index (χ0) is 16.3. The van der Waals surface area contributed by atoms with E-state index in [-0.39, 0.29) is 0 Å². The Bertz CT molecular complexity index is 714. The van der Waals surface area contributed by atoms with Crippen LogP contribution in [0.1, 0.15) is 45.4 Å². The normalized spacial score (nSPS) is 59.1. The molecule has 6 rings (SSSR count). The van der Waals surface area contributed by atoms with Crippen LogP contribution in [0, 0.1) is 52.3 Å². The Kier molecular flexibility index (Phi) is 2.45. The maximum atomic E-state index is 11.9. The molecule has 0 aromatic rings. The molecule has 24 heavy (non-hydrogen) atoms. The Hall–Kier alpha value is -1.11. The van der Waals surface area contributed by atoms with Gasteiger partial charge in [-0.05, 0) is 85.0 Å². The number of carbonyl (C=O) groups is 1. The summed E-state index contributed by atoms with van der Waals surface area (Å²) in [5, 5.41) is 0. The predicted molar refractivity (Wildman–Crippen MR) is 95.1 cm³/mol. The predicted octanol–water partition coefficient (Wildman–Crippen LogP) is 4.95. The molecule has 0 aromatic carbocycles. The molecule has 0 radical (unpaired) electrons. The molecule has 0 aromatic heterocycles. The lowest BCUT2D eigenvalue weighted by Gasteiger charge is -2.62. The molecular weight excluding hydrogens is 292 g/mol. The fourth-order valence-electron chi connectivity index (χ4n) is 8.47. The highest BCUT2D eigenvalue weighted by atomic mass is 16.1. The van der Waals surface area contributed by atoms with E-state index in [1.165, 1.54) is 24.8 Å². The molecule has 6 aliphatic carbocycles. The van der Waals surface area contributed by atoms with Crippen molar-refractivity contribution < 1.29 is 4.79 Å². The fraction of sp³-hybridized carbons (Fsp3) is 0.696. The summed E-state index contributed by atoms with van der Waals surface area (Å²) in [6, 6.07) is 0. The molecule has 9 unspecified atom stereocenters. The van der Waals surface area contributed by atoms with Gasteiger partial charge in [-0.2, -0.15) is 0 Å². The third-order valence-electron chi connectivity index (χ3n) is 9.51. The van der Waals surface area contributed by atoms with E-state index in [2.05, 4.69) is 31.7 Å². The summed E-state index contributed by atoms with van der Waals surface area (Å²) in [5.41, 5.74) is 2.51. The Morgan fingerprint density at radius 1 is 1.25 bits per heavy atom. The van der Waals surface area contributed by atoms with Crippen LogP contribution in [0.4, 0.5) is 0 Å². The molecule has 0 amide bonds. The van der Waals surface area contributed by atoms with Gasteiger partial charge in [0.15, 0.2) is 5.78 Å². The van der Waals surface area contributed by atoms with Gasteiger partial charge in [-0.1, -0.05) is 30.7 Å². The second-order valence-electron chi connectivity index (χ2n) is 9.90. The number of fused-ring (bicyclic) bond motifs is 7. The van der Waals surface area contributed by atoms with E-state index in [1.807, 2.05) is 6.08 Å². The molecular formula is C23H28O. The topological polar surface area (TPSA) is 17.1 Å². The summed E-state index contributed by atoms with van der Waals surface area (Å²) in [7, 11) is 0. The van der Waals surface area contributed by atoms with Crippen LogP contribution in [0.3, 0.4) is 0 Å². The van der Waals surface area contributed by atoms with Crippen molar-refractivity contribution >= 4 is 5.78 Å². The van der Waals surface area contributed by atoms with Crippen molar-refractivity contribution in [3.63, 3.8) is 0 Å². The lowest BCUT2D eigenvalue weighted by molar-refractivity contribution is -0.116. The summed E-state index contributed by atoms with van der Waals surface area (Å²) >= 11 is 0. The second-order valence-corrected chi connectivity index (χ2v) is 9.90. The van der Waals surface area contributed by atoms with Crippen molar-refractivity contribution in [2.75, 3.05) is 0 Å². The molecule has 4 fully saturated rings.